The molecule has 0 aliphatic rings. The predicted octanol–water partition coefficient (Wildman–Crippen LogP) is 0.243. The van der Waals surface area contributed by atoms with Gasteiger partial charge in [0.05, 0.1) is 0 Å². The molecule has 2 aromatic heterocycles. The van der Waals surface area contributed by atoms with E-state index in [1.54, 1.807) is 24.4 Å². The van der Waals surface area contributed by atoms with Gasteiger partial charge < -0.3 is 0 Å². The molecule has 0 saturated heterocycles. The summed E-state index contributed by atoms with van der Waals surface area (Å²) in [5.74, 6) is 0.553. The Bertz CT molecular complexity index is 456. The van der Waals surface area contributed by atoms with Crippen molar-refractivity contribution in [1.29, 1.82) is 0 Å². The lowest BCUT2D eigenvalue weighted by molar-refractivity contribution is 0.554. The molecule has 0 spiro atoms. The van der Waals surface area contributed by atoms with Crippen LogP contribution >= 0.6 is 0 Å². The summed E-state index contributed by atoms with van der Waals surface area (Å²) in [6.45, 7) is 0. The minimum absolute atomic E-state index is 0.129. The van der Waals surface area contributed by atoms with Crippen LogP contribution in [0.1, 0.15) is 0 Å². The van der Waals surface area contributed by atoms with Crippen molar-refractivity contribution in [2.24, 2.45) is 0 Å². The molecule has 0 aliphatic carbocycles. The van der Waals surface area contributed by atoms with Gasteiger partial charge in [0.1, 0.15) is 6.33 Å². The fraction of sp³-hybridized carbons (Fsp3) is 0. The summed E-state index contributed by atoms with van der Waals surface area (Å²) < 4.78 is 20.6. The van der Waals surface area contributed by atoms with Crippen LogP contribution in [-0.2, 0) is 11.1 Å². The van der Waals surface area contributed by atoms with E-state index >= 15 is 0 Å². The van der Waals surface area contributed by atoms with Crippen molar-refractivity contribution in [2.45, 2.75) is 5.16 Å². The summed E-state index contributed by atoms with van der Waals surface area (Å²) in [5.41, 5.74) is 0. The molecule has 2 aromatic rings. The van der Waals surface area contributed by atoms with Gasteiger partial charge in [0, 0.05) is 6.20 Å². The van der Waals surface area contributed by atoms with E-state index in [1.165, 1.54) is 11.0 Å². The van der Waals surface area contributed by atoms with Crippen LogP contribution in [0.3, 0.4) is 0 Å². The molecule has 0 radical (unpaired) electrons. The standard InChI is InChI=1S/C7H6N4O2S/c12-14(13)7-9-5-11(10-7)6-3-1-2-4-8-6/h1-5H,(H,12,13). The largest absolute Gasteiger partial charge is 0.300 e. The summed E-state index contributed by atoms with van der Waals surface area (Å²) in [7, 11) is 0. The van der Waals surface area contributed by atoms with E-state index in [-0.39, 0.29) is 5.16 Å². The smallest absolute Gasteiger partial charge is 0.266 e. The number of hydrogen-bond acceptors (Lipinski definition) is 4. The van der Waals surface area contributed by atoms with Gasteiger partial charge in [-0.05, 0) is 12.1 Å². The fourth-order valence-electron chi connectivity index (χ4n) is 0.928. The minimum atomic E-state index is -2.15. The molecule has 1 N–H and O–H groups in total. The highest BCUT2D eigenvalue weighted by Gasteiger charge is 2.07. The van der Waals surface area contributed by atoms with Crippen LogP contribution in [0.2, 0.25) is 0 Å². The fourth-order valence-corrected chi connectivity index (χ4v) is 1.22. The number of rotatable bonds is 2. The molecule has 2 rings (SSSR count). The van der Waals surface area contributed by atoms with Crippen LogP contribution in [0, 0.1) is 0 Å². The Morgan fingerprint density at radius 2 is 2.21 bits per heavy atom. The molecule has 14 heavy (non-hydrogen) atoms. The maximum atomic E-state index is 10.6. The van der Waals surface area contributed by atoms with Crippen molar-refractivity contribution < 1.29 is 8.76 Å². The number of hydrogen-bond donors (Lipinski definition) is 1. The maximum Gasteiger partial charge on any atom is 0.266 e. The Hall–Kier alpha value is -1.60. The Balaban J connectivity index is 2.39. The molecule has 72 valence electrons. The summed E-state index contributed by atoms with van der Waals surface area (Å²) in [6.07, 6.45) is 2.94. The zero-order valence-electron chi connectivity index (χ0n) is 6.94. The third kappa shape index (κ3) is 1.68. The third-order valence-electron chi connectivity index (χ3n) is 1.51. The van der Waals surface area contributed by atoms with Crippen LogP contribution in [-0.4, -0.2) is 28.5 Å². The molecule has 0 saturated carbocycles. The first-order chi connectivity index (χ1) is 6.77. The zero-order valence-corrected chi connectivity index (χ0v) is 7.76. The molecule has 2 heterocycles. The van der Waals surface area contributed by atoms with E-state index < -0.39 is 11.1 Å². The third-order valence-corrected chi connectivity index (χ3v) is 2.01. The van der Waals surface area contributed by atoms with Crippen molar-refractivity contribution in [1.82, 2.24) is 19.7 Å². The SMILES string of the molecule is O=S(O)c1ncn(-c2ccccn2)n1. The summed E-state index contributed by atoms with van der Waals surface area (Å²) >= 11 is -2.15. The molecule has 0 fully saturated rings. The van der Waals surface area contributed by atoms with Crippen LogP contribution in [0.5, 0.6) is 0 Å². The first-order valence-corrected chi connectivity index (χ1v) is 4.82. The van der Waals surface area contributed by atoms with E-state index in [0.29, 0.717) is 5.82 Å². The van der Waals surface area contributed by atoms with Gasteiger partial charge in [-0.25, -0.2) is 18.9 Å². The molecule has 0 aromatic carbocycles. The Morgan fingerprint density at radius 3 is 2.79 bits per heavy atom. The van der Waals surface area contributed by atoms with E-state index in [0.717, 1.165) is 0 Å². The van der Waals surface area contributed by atoms with Crippen molar-refractivity contribution in [2.75, 3.05) is 0 Å². The maximum absolute atomic E-state index is 10.6. The minimum Gasteiger partial charge on any atom is -0.300 e. The highest BCUT2D eigenvalue weighted by molar-refractivity contribution is 7.79. The van der Waals surface area contributed by atoms with Crippen LogP contribution < -0.4 is 0 Å². The first-order valence-electron chi connectivity index (χ1n) is 3.71. The van der Waals surface area contributed by atoms with Gasteiger partial charge in [-0.3, -0.25) is 4.55 Å². The number of pyridine rings is 1. The second-order valence-electron chi connectivity index (χ2n) is 2.41. The van der Waals surface area contributed by atoms with Crippen molar-refractivity contribution in [3.05, 3.63) is 30.7 Å². The topological polar surface area (TPSA) is 80.9 Å². The van der Waals surface area contributed by atoms with Gasteiger partial charge in [-0.15, -0.1) is 5.10 Å². The highest BCUT2D eigenvalue weighted by Crippen LogP contribution is 2.02. The second kappa shape index (κ2) is 3.64. The van der Waals surface area contributed by atoms with E-state index in [2.05, 4.69) is 15.1 Å². The molecule has 1 unspecified atom stereocenters. The average Bonchev–Trinajstić information content (AvgIpc) is 2.68. The molecule has 0 amide bonds. The normalized spacial score (nSPS) is 12.6. The lowest BCUT2D eigenvalue weighted by atomic mass is 10.5. The number of aromatic nitrogens is 4. The number of nitrogens with zero attached hydrogens (tertiary/aromatic N) is 4. The van der Waals surface area contributed by atoms with E-state index in [1.807, 2.05) is 0 Å². The monoisotopic (exact) mass is 210 g/mol. The molecule has 6 nitrogen and oxygen atoms in total. The van der Waals surface area contributed by atoms with E-state index in [4.69, 9.17) is 4.55 Å². The Morgan fingerprint density at radius 1 is 1.36 bits per heavy atom. The molecular weight excluding hydrogens is 204 g/mol. The van der Waals surface area contributed by atoms with Gasteiger partial charge in [-0.2, -0.15) is 0 Å². The molecule has 7 heteroatoms. The average molecular weight is 210 g/mol. The molecule has 0 bridgehead atoms. The molecular formula is C7H6N4O2S. The van der Waals surface area contributed by atoms with E-state index in [9.17, 15) is 4.21 Å². The highest BCUT2D eigenvalue weighted by atomic mass is 32.2. The molecule has 0 aliphatic heterocycles. The lowest BCUT2D eigenvalue weighted by Crippen LogP contribution is -1.99. The molecule has 1 atom stereocenters. The van der Waals surface area contributed by atoms with Gasteiger partial charge in [0.2, 0.25) is 11.1 Å². The summed E-state index contributed by atoms with van der Waals surface area (Å²) in [4.78, 5) is 7.66. The zero-order chi connectivity index (χ0) is 9.97. The quantitative estimate of drug-likeness (QED) is 0.718. The van der Waals surface area contributed by atoms with Crippen LogP contribution in [0.4, 0.5) is 0 Å². The van der Waals surface area contributed by atoms with Crippen molar-refractivity contribution in [3.63, 3.8) is 0 Å². The Labute approximate surface area is 81.9 Å². The summed E-state index contributed by atoms with van der Waals surface area (Å²) in [6, 6.07) is 5.28. The summed E-state index contributed by atoms with van der Waals surface area (Å²) in [5, 5.41) is 3.64. The lowest BCUT2D eigenvalue weighted by Gasteiger charge is -1.95. The Kier molecular flexibility index (Phi) is 2.33. The van der Waals surface area contributed by atoms with Crippen molar-refractivity contribution >= 4 is 11.1 Å². The second-order valence-corrected chi connectivity index (χ2v) is 3.27. The van der Waals surface area contributed by atoms with Gasteiger partial charge in [0.25, 0.3) is 5.16 Å². The van der Waals surface area contributed by atoms with Crippen LogP contribution in [0.25, 0.3) is 5.82 Å². The van der Waals surface area contributed by atoms with Gasteiger partial charge >= 0.3 is 0 Å². The first kappa shape index (κ1) is 8.97. The van der Waals surface area contributed by atoms with Crippen molar-refractivity contribution in [3.8, 4) is 5.82 Å². The van der Waals surface area contributed by atoms with Gasteiger partial charge in [-0.1, -0.05) is 6.07 Å². The predicted molar refractivity (Wildman–Crippen MR) is 48.2 cm³/mol. The van der Waals surface area contributed by atoms with Gasteiger partial charge in [0.15, 0.2) is 5.82 Å². The van der Waals surface area contributed by atoms with Crippen LogP contribution in [0.15, 0.2) is 35.9 Å².